The van der Waals surface area contributed by atoms with Gasteiger partial charge in [0.1, 0.15) is 0 Å². The highest BCUT2D eigenvalue weighted by atomic mass is 35.5. The quantitative estimate of drug-likeness (QED) is 0.821. The summed E-state index contributed by atoms with van der Waals surface area (Å²) in [6.07, 6.45) is 3.59. The van der Waals surface area contributed by atoms with Crippen LogP contribution in [0.4, 0.5) is 0 Å². The average Bonchev–Trinajstić information content (AvgIpc) is 2.73. The molecule has 1 aromatic carbocycles. The monoisotopic (exact) mass is 253 g/mol. The summed E-state index contributed by atoms with van der Waals surface area (Å²) in [5.41, 5.74) is 7.08. The van der Waals surface area contributed by atoms with Gasteiger partial charge in [0.2, 0.25) is 6.79 Å². The van der Waals surface area contributed by atoms with Gasteiger partial charge in [-0.3, -0.25) is 4.79 Å². The maximum absolute atomic E-state index is 11.0. The molecule has 1 fully saturated rings. The SMILES string of the molecule is NC1(c2cc(Cl)c(C=O)c3c2OCO3)CCC1. The summed E-state index contributed by atoms with van der Waals surface area (Å²) < 4.78 is 10.7. The van der Waals surface area contributed by atoms with Crippen LogP contribution in [0.25, 0.3) is 0 Å². The zero-order valence-corrected chi connectivity index (χ0v) is 9.92. The Bertz CT molecular complexity index is 497. The Kier molecular flexibility index (Phi) is 2.31. The van der Waals surface area contributed by atoms with E-state index < -0.39 is 0 Å². The molecule has 5 heteroatoms. The van der Waals surface area contributed by atoms with Crippen LogP contribution in [-0.2, 0) is 5.54 Å². The molecule has 1 aliphatic heterocycles. The first-order valence-electron chi connectivity index (χ1n) is 5.52. The van der Waals surface area contributed by atoms with E-state index in [9.17, 15) is 4.79 Å². The molecule has 4 nitrogen and oxygen atoms in total. The van der Waals surface area contributed by atoms with Crippen molar-refractivity contribution in [2.24, 2.45) is 5.73 Å². The molecule has 0 unspecified atom stereocenters. The summed E-state index contributed by atoms with van der Waals surface area (Å²) in [5, 5.41) is 0.371. The van der Waals surface area contributed by atoms with Crippen LogP contribution in [0.2, 0.25) is 5.02 Å². The second-order valence-corrected chi connectivity index (χ2v) is 4.92. The molecule has 0 aromatic heterocycles. The Hall–Kier alpha value is -1.26. The van der Waals surface area contributed by atoms with E-state index in [1.807, 2.05) is 0 Å². The molecular weight excluding hydrogens is 242 g/mol. The summed E-state index contributed by atoms with van der Waals surface area (Å²) in [5.74, 6) is 1.01. The predicted octanol–water partition coefficient (Wildman–Crippen LogP) is 2.22. The number of hydrogen-bond donors (Lipinski definition) is 1. The first-order valence-corrected chi connectivity index (χ1v) is 5.90. The topological polar surface area (TPSA) is 61.6 Å². The number of carbonyl (C=O) groups excluding carboxylic acids is 1. The third-order valence-corrected chi connectivity index (χ3v) is 3.84. The van der Waals surface area contributed by atoms with Gasteiger partial charge in [-0.25, -0.2) is 0 Å². The summed E-state index contributed by atoms with van der Waals surface area (Å²) in [7, 11) is 0. The highest BCUT2D eigenvalue weighted by Crippen LogP contribution is 2.50. The smallest absolute Gasteiger partial charge is 0.231 e. The van der Waals surface area contributed by atoms with Gasteiger partial charge in [-0.1, -0.05) is 11.6 Å². The van der Waals surface area contributed by atoms with Crippen LogP contribution in [0.1, 0.15) is 35.2 Å². The van der Waals surface area contributed by atoms with Gasteiger partial charge in [0.05, 0.1) is 10.6 Å². The van der Waals surface area contributed by atoms with E-state index in [1.54, 1.807) is 6.07 Å². The van der Waals surface area contributed by atoms with E-state index >= 15 is 0 Å². The van der Waals surface area contributed by atoms with Crippen LogP contribution in [0, 0.1) is 0 Å². The Morgan fingerprint density at radius 1 is 1.35 bits per heavy atom. The number of benzene rings is 1. The number of hydrogen-bond acceptors (Lipinski definition) is 4. The van der Waals surface area contributed by atoms with Gasteiger partial charge >= 0.3 is 0 Å². The number of halogens is 1. The second kappa shape index (κ2) is 3.62. The van der Waals surface area contributed by atoms with Crippen molar-refractivity contribution in [2.45, 2.75) is 24.8 Å². The highest BCUT2D eigenvalue weighted by Gasteiger charge is 2.40. The molecular formula is C12H12ClNO3. The fourth-order valence-corrected chi connectivity index (χ4v) is 2.60. The number of nitrogens with two attached hydrogens (primary N) is 1. The van der Waals surface area contributed by atoms with Crippen molar-refractivity contribution in [1.29, 1.82) is 0 Å². The van der Waals surface area contributed by atoms with Gasteiger partial charge in [0, 0.05) is 11.1 Å². The summed E-state index contributed by atoms with van der Waals surface area (Å²) >= 11 is 6.08. The van der Waals surface area contributed by atoms with Crippen molar-refractivity contribution >= 4 is 17.9 Å². The predicted molar refractivity (Wildman–Crippen MR) is 62.7 cm³/mol. The fourth-order valence-electron chi connectivity index (χ4n) is 2.36. The number of fused-ring (bicyclic) bond motifs is 1. The highest BCUT2D eigenvalue weighted by molar-refractivity contribution is 6.33. The molecule has 0 spiro atoms. The van der Waals surface area contributed by atoms with Crippen LogP contribution in [0.15, 0.2) is 6.07 Å². The summed E-state index contributed by atoms with van der Waals surface area (Å²) in [6.45, 7) is 0.111. The van der Waals surface area contributed by atoms with E-state index in [2.05, 4.69) is 0 Å². The van der Waals surface area contributed by atoms with E-state index in [0.717, 1.165) is 24.8 Å². The zero-order valence-electron chi connectivity index (χ0n) is 9.16. The number of aldehydes is 1. The average molecular weight is 254 g/mol. The van der Waals surface area contributed by atoms with Crippen molar-refractivity contribution in [3.05, 3.63) is 22.2 Å². The van der Waals surface area contributed by atoms with Gasteiger partial charge in [-0.15, -0.1) is 0 Å². The van der Waals surface area contributed by atoms with Crippen LogP contribution in [0.5, 0.6) is 11.5 Å². The molecule has 0 saturated heterocycles. The van der Waals surface area contributed by atoms with Crippen molar-refractivity contribution in [1.82, 2.24) is 0 Å². The Balaban J connectivity index is 2.21. The van der Waals surface area contributed by atoms with E-state index in [-0.39, 0.29) is 12.3 Å². The Morgan fingerprint density at radius 3 is 2.65 bits per heavy atom. The molecule has 1 saturated carbocycles. The third-order valence-electron chi connectivity index (χ3n) is 3.53. The molecule has 17 heavy (non-hydrogen) atoms. The minimum atomic E-state index is -0.386. The molecule has 90 valence electrons. The molecule has 1 aliphatic carbocycles. The van der Waals surface area contributed by atoms with E-state index in [0.29, 0.717) is 28.4 Å². The molecule has 2 aliphatic rings. The first kappa shape index (κ1) is 10.9. The van der Waals surface area contributed by atoms with Crippen LogP contribution in [0.3, 0.4) is 0 Å². The van der Waals surface area contributed by atoms with E-state index in [4.69, 9.17) is 26.8 Å². The van der Waals surface area contributed by atoms with Crippen molar-refractivity contribution in [2.75, 3.05) is 6.79 Å². The molecule has 3 rings (SSSR count). The molecule has 0 atom stereocenters. The number of ether oxygens (including phenoxy) is 2. The lowest BCUT2D eigenvalue weighted by atomic mass is 9.72. The van der Waals surface area contributed by atoms with Crippen LogP contribution < -0.4 is 15.2 Å². The molecule has 2 N–H and O–H groups in total. The van der Waals surface area contributed by atoms with Crippen LogP contribution in [-0.4, -0.2) is 13.1 Å². The number of rotatable bonds is 2. The Labute approximate surface area is 104 Å². The van der Waals surface area contributed by atoms with Gasteiger partial charge in [0.25, 0.3) is 0 Å². The third kappa shape index (κ3) is 1.44. The minimum Gasteiger partial charge on any atom is -0.453 e. The molecule has 1 aromatic rings. The van der Waals surface area contributed by atoms with E-state index in [1.165, 1.54) is 0 Å². The van der Waals surface area contributed by atoms with Gasteiger partial charge in [0.15, 0.2) is 17.8 Å². The maximum Gasteiger partial charge on any atom is 0.231 e. The molecule has 0 radical (unpaired) electrons. The minimum absolute atomic E-state index is 0.111. The van der Waals surface area contributed by atoms with Gasteiger partial charge < -0.3 is 15.2 Å². The van der Waals surface area contributed by atoms with Crippen LogP contribution >= 0.6 is 11.6 Å². The zero-order chi connectivity index (χ0) is 12.0. The van der Waals surface area contributed by atoms with Crippen molar-refractivity contribution in [3.8, 4) is 11.5 Å². The lowest BCUT2D eigenvalue weighted by Crippen LogP contribution is -2.43. The molecule has 0 bridgehead atoms. The van der Waals surface area contributed by atoms with Crippen molar-refractivity contribution in [3.63, 3.8) is 0 Å². The second-order valence-electron chi connectivity index (χ2n) is 4.51. The lowest BCUT2D eigenvalue weighted by molar-refractivity contribution is 0.111. The first-order chi connectivity index (χ1) is 8.15. The van der Waals surface area contributed by atoms with Gasteiger partial charge in [-0.2, -0.15) is 0 Å². The molecule has 1 heterocycles. The van der Waals surface area contributed by atoms with Crippen molar-refractivity contribution < 1.29 is 14.3 Å². The largest absolute Gasteiger partial charge is 0.453 e. The standard InChI is InChI=1S/C12H12ClNO3/c13-9-4-8(12(14)2-1-3-12)11-10(7(9)5-15)16-6-17-11/h4-5H,1-3,6,14H2. The normalized spacial score (nSPS) is 19.9. The van der Waals surface area contributed by atoms with Gasteiger partial charge in [-0.05, 0) is 25.3 Å². The maximum atomic E-state index is 11.0. The summed E-state index contributed by atoms with van der Waals surface area (Å²) in [4.78, 5) is 11.0. The fraction of sp³-hybridized carbons (Fsp3) is 0.417. The molecule has 0 amide bonds. The lowest BCUT2D eigenvalue weighted by Gasteiger charge is -2.39. The summed E-state index contributed by atoms with van der Waals surface area (Å²) in [6, 6.07) is 1.73. The Morgan fingerprint density at radius 2 is 2.06 bits per heavy atom. The number of carbonyl (C=O) groups is 1.